The van der Waals surface area contributed by atoms with Gasteiger partial charge in [-0.05, 0) is 43.9 Å². The number of hydrogen-bond acceptors (Lipinski definition) is 3. The fraction of sp³-hybridized carbons (Fsp3) is 0.588. The molecule has 1 amide bonds. The van der Waals surface area contributed by atoms with Crippen LogP contribution in [-0.2, 0) is 16.1 Å². The predicted octanol–water partition coefficient (Wildman–Crippen LogP) is 2.47. The van der Waals surface area contributed by atoms with E-state index in [4.69, 9.17) is 4.74 Å². The van der Waals surface area contributed by atoms with Crippen molar-refractivity contribution in [2.45, 2.75) is 51.3 Å². The van der Waals surface area contributed by atoms with Crippen molar-refractivity contribution in [2.75, 3.05) is 18.1 Å². The number of anilines is 1. The normalized spacial score (nSPS) is 26.3. The molecule has 2 heterocycles. The highest BCUT2D eigenvalue weighted by Gasteiger charge is 2.21. The second-order valence-electron chi connectivity index (χ2n) is 6.10. The molecule has 1 aromatic carbocycles. The van der Waals surface area contributed by atoms with Crippen LogP contribution < -0.4 is 10.2 Å². The third kappa shape index (κ3) is 3.63. The Bertz CT molecular complexity index is 486. The van der Waals surface area contributed by atoms with Crippen LogP contribution >= 0.6 is 0 Å². The summed E-state index contributed by atoms with van der Waals surface area (Å²) in [5.41, 5.74) is 2.30. The summed E-state index contributed by atoms with van der Waals surface area (Å²) in [6, 6.07) is 8.92. The predicted molar refractivity (Wildman–Crippen MR) is 83.3 cm³/mol. The summed E-state index contributed by atoms with van der Waals surface area (Å²) in [6.45, 7) is 4.73. The van der Waals surface area contributed by atoms with Crippen molar-refractivity contribution in [1.82, 2.24) is 5.32 Å². The van der Waals surface area contributed by atoms with Crippen molar-refractivity contribution in [3.63, 3.8) is 0 Å². The highest BCUT2D eigenvalue weighted by atomic mass is 16.5. The van der Waals surface area contributed by atoms with Crippen LogP contribution in [0.15, 0.2) is 24.3 Å². The maximum Gasteiger partial charge on any atom is 0.227 e. The third-order valence-electron chi connectivity index (χ3n) is 4.40. The molecule has 0 radical (unpaired) electrons. The van der Waals surface area contributed by atoms with E-state index in [0.717, 1.165) is 44.6 Å². The molecule has 2 unspecified atom stereocenters. The van der Waals surface area contributed by atoms with Crippen LogP contribution in [0.4, 0.5) is 5.69 Å². The van der Waals surface area contributed by atoms with Gasteiger partial charge in [0.2, 0.25) is 5.91 Å². The van der Waals surface area contributed by atoms with Gasteiger partial charge in [-0.15, -0.1) is 0 Å². The molecule has 114 valence electrons. The van der Waals surface area contributed by atoms with E-state index in [2.05, 4.69) is 36.5 Å². The Morgan fingerprint density at radius 2 is 2.14 bits per heavy atom. The Hall–Kier alpha value is -1.39. The van der Waals surface area contributed by atoms with E-state index < -0.39 is 0 Å². The zero-order valence-corrected chi connectivity index (χ0v) is 12.7. The molecule has 2 aliphatic rings. The molecule has 0 bridgehead atoms. The number of amides is 1. The van der Waals surface area contributed by atoms with Crippen LogP contribution in [-0.4, -0.2) is 31.2 Å². The number of rotatable bonds is 4. The molecule has 0 spiro atoms. The van der Waals surface area contributed by atoms with E-state index in [1.807, 2.05) is 4.90 Å². The van der Waals surface area contributed by atoms with Crippen molar-refractivity contribution < 1.29 is 9.53 Å². The number of nitrogens with zero attached hydrogens (tertiary/aromatic N) is 1. The van der Waals surface area contributed by atoms with Gasteiger partial charge >= 0.3 is 0 Å². The van der Waals surface area contributed by atoms with E-state index in [9.17, 15) is 4.79 Å². The molecule has 4 nitrogen and oxygen atoms in total. The van der Waals surface area contributed by atoms with E-state index in [1.54, 1.807) is 0 Å². The Kier molecular flexibility index (Phi) is 4.56. The lowest BCUT2D eigenvalue weighted by atomic mass is 10.0. The lowest BCUT2D eigenvalue weighted by Crippen LogP contribution is -2.37. The molecule has 0 aliphatic carbocycles. The molecule has 2 atom stereocenters. The lowest BCUT2D eigenvalue weighted by Gasteiger charge is -2.28. The summed E-state index contributed by atoms with van der Waals surface area (Å²) in [4.78, 5) is 13.6. The van der Waals surface area contributed by atoms with Crippen molar-refractivity contribution >= 4 is 11.6 Å². The molecule has 2 fully saturated rings. The Balaban J connectivity index is 1.53. The molecule has 0 aromatic heterocycles. The molecular weight excluding hydrogens is 264 g/mol. The first-order valence-electron chi connectivity index (χ1n) is 7.96. The summed E-state index contributed by atoms with van der Waals surface area (Å²) in [6.07, 6.45) is 4.19. The second kappa shape index (κ2) is 6.58. The van der Waals surface area contributed by atoms with Crippen LogP contribution in [0.1, 0.15) is 38.2 Å². The van der Waals surface area contributed by atoms with Crippen LogP contribution in [0.3, 0.4) is 0 Å². The van der Waals surface area contributed by atoms with Gasteiger partial charge < -0.3 is 15.0 Å². The molecule has 4 heteroatoms. The maximum absolute atomic E-state index is 11.7. The van der Waals surface area contributed by atoms with Crippen molar-refractivity contribution in [3.05, 3.63) is 29.8 Å². The smallest absolute Gasteiger partial charge is 0.227 e. The first-order chi connectivity index (χ1) is 10.2. The van der Waals surface area contributed by atoms with Crippen LogP contribution in [0, 0.1) is 0 Å². The number of carbonyl (C=O) groups is 1. The summed E-state index contributed by atoms with van der Waals surface area (Å²) in [5.74, 6) is 0.247. The fourth-order valence-corrected chi connectivity index (χ4v) is 3.16. The number of nitrogens with one attached hydrogen (secondary N) is 1. The number of carbonyl (C=O) groups excluding carboxylic acids is 1. The second-order valence-corrected chi connectivity index (χ2v) is 6.10. The van der Waals surface area contributed by atoms with Gasteiger partial charge in [0.1, 0.15) is 0 Å². The van der Waals surface area contributed by atoms with Crippen LogP contribution in [0.25, 0.3) is 0 Å². The molecule has 3 rings (SSSR count). The maximum atomic E-state index is 11.7. The largest absolute Gasteiger partial charge is 0.378 e. The van der Waals surface area contributed by atoms with Crippen LogP contribution in [0.5, 0.6) is 0 Å². The molecule has 2 aliphatic heterocycles. The van der Waals surface area contributed by atoms with Crippen LogP contribution in [0.2, 0.25) is 0 Å². The van der Waals surface area contributed by atoms with E-state index in [-0.39, 0.29) is 5.91 Å². The molecular formula is C17H24N2O2. The average Bonchev–Trinajstić information content (AvgIpc) is 2.92. The minimum absolute atomic E-state index is 0.247. The minimum Gasteiger partial charge on any atom is -0.378 e. The standard InChI is InChI=1S/C17H24N2O2/c1-13-11-15(8-10-21-13)18-12-14-4-6-16(7-5-14)19-9-2-3-17(19)20/h4-7,13,15,18H,2-3,8-12H2,1H3. The first kappa shape index (κ1) is 14.5. The van der Waals surface area contributed by atoms with Gasteiger partial charge in [0, 0.05) is 37.8 Å². The van der Waals surface area contributed by atoms with E-state index in [0.29, 0.717) is 18.6 Å². The van der Waals surface area contributed by atoms with Gasteiger partial charge in [-0.2, -0.15) is 0 Å². The first-order valence-corrected chi connectivity index (χ1v) is 7.96. The van der Waals surface area contributed by atoms with Gasteiger partial charge in [0.05, 0.1) is 6.10 Å². The Labute approximate surface area is 126 Å². The van der Waals surface area contributed by atoms with E-state index in [1.165, 1.54) is 5.56 Å². The summed E-state index contributed by atoms with van der Waals surface area (Å²) in [7, 11) is 0. The molecule has 0 saturated carbocycles. The highest BCUT2D eigenvalue weighted by molar-refractivity contribution is 5.95. The van der Waals surface area contributed by atoms with Crippen molar-refractivity contribution in [3.8, 4) is 0 Å². The SMILES string of the molecule is CC1CC(NCc2ccc(N3CCCC3=O)cc2)CCO1. The number of hydrogen-bond donors (Lipinski definition) is 1. The van der Waals surface area contributed by atoms with Gasteiger partial charge in [-0.3, -0.25) is 4.79 Å². The summed E-state index contributed by atoms with van der Waals surface area (Å²) < 4.78 is 5.57. The van der Waals surface area contributed by atoms with Crippen molar-refractivity contribution in [1.29, 1.82) is 0 Å². The Morgan fingerprint density at radius 1 is 1.33 bits per heavy atom. The van der Waals surface area contributed by atoms with Gasteiger partial charge in [0.15, 0.2) is 0 Å². The van der Waals surface area contributed by atoms with Gasteiger partial charge in [-0.25, -0.2) is 0 Å². The Morgan fingerprint density at radius 3 is 2.81 bits per heavy atom. The molecule has 1 aromatic rings. The fourth-order valence-electron chi connectivity index (χ4n) is 3.16. The zero-order valence-electron chi connectivity index (χ0n) is 12.7. The van der Waals surface area contributed by atoms with Gasteiger partial charge in [-0.1, -0.05) is 12.1 Å². The zero-order chi connectivity index (χ0) is 14.7. The van der Waals surface area contributed by atoms with Gasteiger partial charge in [0.25, 0.3) is 0 Å². The molecule has 1 N–H and O–H groups in total. The highest BCUT2D eigenvalue weighted by Crippen LogP contribution is 2.21. The molecule has 21 heavy (non-hydrogen) atoms. The molecule has 2 saturated heterocycles. The average molecular weight is 288 g/mol. The number of benzene rings is 1. The number of ether oxygens (including phenoxy) is 1. The summed E-state index contributed by atoms with van der Waals surface area (Å²) in [5, 5.41) is 3.61. The summed E-state index contributed by atoms with van der Waals surface area (Å²) >= 11 is 0. The third-order valence-corrected chi connectivity index (χ3v) is 4.40. The topological polar surface area (TPSA) is 41.6 Å². The van der Waals surface area contributed by atoms with E-state index >= 15 is 0 Å². The lowest BCUT2D eigenvalue weighted by molar-refractivity contribution is -0.117. The quantitative estimate of drug-likeness (QED) is 0.925. The minimum atomic E-state index is 0.247. The van der Waals surface area contributed by atoms with Crippen molar-refractivity contribution in [2.24, 2.45) is 0 Å². The monoisotopic (exact) mass is 288 g/mol.